The van der Waals surface area contributed by atoms with Gasteiger partial charge in [-0.05, 0) is 94.8 Å². The molecule has 0 aromatic heterocycles. The summed E-state index contributed by atoms with van der Waals surface area (Å²) in [4.78, 5) is 97.5. The van der Waals surface area contributed by atoms with Crippen LogP contribution in [0.25, 0.3) is 0 Å². The molecular formula is C45H77Cl2N9O7. The monoisotopic (exact) mass is 926 g/mol. The lowest BCUT2D eigenvalue weighted by molar-refractivity contribution is -0.144. The molecule has 1 fully saturated rings. The minimum absolute atomic E-state index is 0. The highest BCUT2D eigenvalue weighted by Crippen LogP contribution is 2.30. The number of hydrogen-bond donors (Lipinski definition) is 8. The number of hydrogen-bond acceptors (Lipinski definition) is 9. The molecule has 0 unspecified atom stereocenters. The van der Waals surface area contributed by atoms with E-state index in [0.29, 0.717) is 6.42 Å². The molecule has 0 bridgehead atoms. The Hall–Kier alpha value is -3.99. The Bertz CT molecular complexity index is 1730. The van der Waals surface area contributed by atoms with Gasteiger partial charge in [-0.15, -0.1) is 24.8 Å². The van der Waals surface area contributed by atoms with E-state index in [2.05, 4.69) is 42.5 Å². The fraction of sp³-hybridized carbons (Fsp3) is 0.711. The summed E-state index contributed by atoms with van der Waals surface area (Å²) in [5, 5.41) is 23.5. The number of nitrogens with one attached hydrogen (secondary N) is 8. The van der Waals surface area contributed by atoms with Crippen molar-refractivity contribution >= 4 is 66.2 Å². The highest BCUT2D eigenvalue weighted by Gasteiger charge is 2.46. The molecule has 2 aliphatic rings. The number of likely N-dealkylation sites (tertiary alicyclic amines) is 1. The first-order valence-electron chi connectivity index (χ1n) is 21.9. The molecule has 1 aromatic carbocycles. The van der Waals surface area contributed by atoms with Crippen LogP contribution in [0.4, 0.5) is 0 Å². The van der Waals surface area contributed by atoms with Crippen LogP contribution in [0.15, 0.2) is 24.3 Å². The highest BCUT2D eigenvalue weighted by atomic mass is 35.5. The predicted octanol–water partition coefficient (Wildman–Crippen LogP) is 2.81. The number of likely N-dealkylation sites (N-methyl/N-ethyl adjacent to an activating group) is 2. The third kappa shape index (κ3) is 16.2. The highest BCUT2D eigenvalue weighted by molar-refractivity contribution is 5.95. The van der Waals surface area contributed by atoms with E-state index in [9.17, 15) is 33.6 Å². The molecule has 0 radical (unpaired) electrons. The zero-order valence-corrected chi connectivity index (χ0v) is 41.3. The normalized spacial score (nSPS) is 20.2. The average Bonchev–Trinajstić information content (AvgIpc) is 3.62. The molecule has 63 heavy (non-hydrogen) atoms. The molecule has 8 N–H and O–H groups in total. The zero-order chi connectivity index (χ0) is 46.0. The van der Waals surface area contributed by atoms with Crippen molar-refractivity contribution in [1.29, 1.82) is 0 Å². The van der Waals surface area contributed by atoms with Gasteiger partial charge in [0.1, 0.15) is 24.2 Å². The second-order valence-electron chi connectivity index (χ2n) is 19.4. The van der Waals surface area contributed by atoms with Crippen LogP contribution in [0.5, 0.6) is 0 Å². The van der Waals surface area contributed by atoms with Gasteiger partial charge in [0.05, 0.1) is 18.1 Å². The van der Waals surface area contributed by atoms with E-state index >= 15 is 0 Å². The van der Waals surface area contributed by atoms with E-state index in [4.69, 9.17) is 0 Å². The van der Waals surface area contributed by atoms with E-state index < -0.39 is 76.8 Å². The summed E-state index contributed by atoms with van der Waals surface area (Å²) in [7, 11) is 3.29. The summed E-state index contributed by atoms with van der Waals surface area (Å²) in [6.07, 6.45) is 2.37. The van der Waals surface area contributed by atoms with Crippen LogP contribution in [0.3, 0.4) is 0 Å². The van der Waals surface area contributed by atoms with Crippen molar-refractivity contribution in [3.8, 4) is 0 Å². The van der Waals surface area contributed by atoms with Crippen LogP contribution >= 0.6 is 24.8 Å². The second-order valence-corrected chi connectivity index (χ2v) is 19.4. The van der Waals surface area contributed by atoms with Crippen LogP contribution in [0.2, 0.25) is 0 Å². The smallest absolute Gasteiger partial charge is 0.246 e. The molecule has 18 heteroatoms. The number of carbonyl (C=O) groups is 7. The maximum atomic E-state index is 14.4. The average molecular weight is 927 g/mol. The SMILES string of the molecule is CN[C@@H](C)C(=O)N[C@H](C(=O)N1C[C@@H](NC(=O)CC[C@@H](NC(=O)[C@H](NC(=O)[C@@H](C)NC)C(C)(C)C)C(=O)N[C@H]2CCCc3ccccc32)C[C@H]1C(=O)N[C@H](C)C(C)C)C(C)(C)C.Cl.Cl. The lowest BCUT2D eigenvalue weighted by Crippen LogP contribution is -2.60. The fourth-order valence-electron chi connectivity index (χ4n) is 7.48. The van der Waals surface area contributed by atoms with Crippen LogP contribution in [-0.2, 0) is 40.0 Å². The summed E-state index contributed by atoms with van der Waals surface area (Å²) in [6.45, 7) is 20.2. The lowest BCUT2D eigenvalue weighted by atomic mass is 9.85. The first-order chi connectivity index (χ1) is 28.4. The van der Waals surface area contributed by atoms with Gasteiger partial charge >= 0.3 is 0 Å². The van der Waals surface area contributed by atoms with Gasteiger partial charge in [-0.25, -0.2) is 0 Å². The number of fused-ring (bicyclic) bond motifs is 1. The van der Waals surface area contributed by atoms with Gasteiger partial charge in [0.25, 0.3) is 0 Å². The van der Waals surface area contributed by atoms with Crippen molar-refractivity contribution < 1.29 is 33.6 Å². The third-order valence-electron chi connectivity index (χ3n) is 12.1. The standard InChI is InChI=1S/C45H75N9O7.2ClH/c1-25(2)26(3)48-41(59)34-23-30(24-54(34)43(61)37(45(9,10)11)53-39(57)28(5)47-13)49-35(55)22-21-33(40(58)50-32-20-16-18-29-17-14-15-19-31(29)32)51-42(60)36(44(6,7)8)52-38(56)27(4)46-12;;/h14-15,17,19,25-28,30,32-34,36-37,46-47H,16,18,20-24H2,1-13H3,(H,48,59)(H,49,55)(H,50,58)(H,51,60)(H,52,56)(H,53,57);2*1H/t26-,27-,28+,30+,32+,33-,34+,36+,37-;;/m1../s1. The Morgan fingerprint density at radius 1 is 0.714 bits per heavy atom. The molecule has 1 saturated heterocycles. The van der Waals surface area contributed by atoms with Crippen molar-refractivity contribution in [1.82, 2.24) is 47.4 Å². The van der Waals surface area contributed by atoms with Gasteiger partial charge in [0.15, 0.2) is 0 Å². The van der Waals surface area contributed by atoms with Gasteiger partial charge in [-0.1, -0.05) is 79.7 Å². The Balaban J connectivity index is 0.00000992. The van der Waals surface area contributed by atoms with E-state index in [-0.39, 0.29) is 86.3 Å². The molecule has 3 rings (SSSR count). The van der Waals surface area contributed by atoms with Gasteiger partial charge in [0.2, 0.25) is 41.4 Å². The van der Waals surface area contributed by atoms with Crippen LogP contribution < -0.4 is 42.5 Å². The number of carbonyl (C=O) groups excluding carboxylic acids is 7. The molecule has 0 spiro atoms. The van der Waals surface area contributed by atoms with Crippen LogP contribution in [0.1, 0.15) is 125 Å². The molecule has 0 saturated carbocycles. The first kappa shape index (κ1) is 57.0. The Morgan fingerprint density at radius 3 is 1.81 bits per heavy atom. The second kappa shape index (κ2) is 24.9. The lowest BCUT2D eigenvalue weighted by Gasteiger charge is -2.36. The van der Waals surface area contributed by atoms with Gasteiger partial charge < -0.3 is 47.4 Å². The molecule has 358 valence electrons. The van der Waals surface area contributed by atoms with Gasteiger partial charge in [-0.2, -0.15) is 0 Å². The minimum Gasteiger partial charge on any atom is -0.352 e. The topological polar surface area (TPSA) is 219 Å². The molecule has 1 aliphatic heterocycles. The minimum atomic E-state index is -1.13. The zero-order valence-electron chi connectivity index (χ0n) is 39.7. The molecular weight excluding hydrogens is 849 g/mol. The van der Waals surface area contributed by atoms with Gasteiger partial charge in [-0.3, -0.25) is 33.6 Å². The van der Waals surface area contributed by atoms with Crippen molar-refractivity contribution in [2.75, 3.05) is 20.6 Å². The van der Waals surface area contributed by atoms with Crippen LogP contribution in [0, 0.1) is 16.7 Å². The maximum Gasteiger partial charge on any atom is 0.246 e. The summed E-state index contributed by atoms with van der Waals surface area (Å²) in [5.41, 5.74) is 0.715. The van der Waals surface area contributed by atoms with Gasteiger partial charge in [0, 0.05) is 25.0 Å². The molecule has 1 heterocycles. The Kier molecular flexibility index (Phi) is 22.5. The number of aryl methyl sites for hydroxylation is 1. The molecule has 16 nitrogen and oxygen atoms in total. The van der Waals surface area contributed by atoms with Crippen molar-refractivity contribution in [2.45, 2.75) is 169 Å². The number of amides is 7. The Morgan fingerprint density at radius 2 is 1.27 bits per heavy atom. The molecule has 1 aromatic rings. The number of rotatable bonds is 18. The van der Waals surface area contributed by atoms with Crippen molar-refractivity contribution in [2.24, 2.45) is 16.7 Å². The summed E-state index contributed by atoms with van der Waals surface area (Å²) >= 11 is 0. The van der Waals surface area contributed by atoms with E-state index in [0.717, 1.165) is 24.0 Å². The number of halogens is 2. The maximum absolute atomic E-state index is 14.4. The third-order valence-corrected chi connectivity index (χ3v) is 12.1. The molecule has 7 amide bonds. The quantitative estimate of drug-likeness (QED) is 0.108. The van der Waals surface area contributed by atoms with Crippen LogP contribution in [-0.4, -0.2) is 115 Å². The summed E-state index contributed by atoms with van der Waals surface area (Å²) < 4.78 is 0. The predicted molar refractivity (Wildman–Crippen MR) is 250 cm³/mol. The number of benzene rings is 1. The largest absolute Gasteiger partial charge is 0.352 e. The van der Waals surface area contributed by atoms with Crippen molar-refractivity contribution in [3.63, 3.8) is 0 Å². The molecule has 1 aliphatic carbocycles. The Labute approximate surface area is 387 Å². The van der Waals surface area contributed by atoms with E-state index in [1.54, 1.807) is 27.9 Å². The van der Waals surface area contributed by atoms with E-state index in [1.165, 1.54) is 4.90 Å². The fourth-order valence-corrected chi connectivity index (χ4v) is 7.48. The number of nitrogens with zero attached hydrogens (tertiary/aromatic N) is 1. The van der Waals surface area contributed by atoms with Crippen molar-refractivity contribution in [3.05, 3.63) is 35.4 Å². The van der Waals surface area contributed by atoms with E-state index in [1.807, 2.05) is 86.6 Å². The first-order valence-corrected chi connectivity index (χ1v) is 21.9. The summed E-state index contributed by atoms with van der Waals surface area (Å²) in [6, 6.07) is 1.67. The summed E-state index contributed by atoms with van der Waals surface area (Å²) in [5.74, 6) is -2.87. The molecule has 9 atom stereocenters.